The third-order valence-electron chi connectivity index (χ3n) is 3.58. The van der Waals surface area contributed by atoms with E-state index in [1.54, 1.807) is 17.4 Å². The molecule has 2 aromatic heterocycles. The van der Waals surface area contributed by atoms with E-state index in [0.29, 0.717) is 12.2 Å². The maximum absolute atomic E-state index is 12.2. The molecule has 2 aromatic rings. The molecule has 2 amide bonds. The lowest BCUT2D eigenvalue weighted by atomic mass is 9.94. The maximum Gasteiger partial charge on any atom is 0.238 e. The van der Waals surface area contributed by atoms with Crippen LogP contribution in [-0.4, -0.2) is 28.1 Å². The molecule has 1 aliphatic heterocycles. The fourth-order valence-electron chi connectivity index (χ4n) is 2.40. The molecule has 8 heteroatoms. The first-order valence-corrected chi connectivity index (χ1v) is 8.56. The van der Waals surface area contributed by atoms with Gasteiger partial charge >= 0.3 is 0 Å². The van der Waals surface area contributed by atoms with Crippen molar-refractivity contribution < 1.29 is 9.59 Å². The number of H-pyrrole nitrogens is 1. The van der Waals surface area contributed by atoms with Crippen LogP contribution in [0.1, 0.15) is 19.8 Å². The van der Waals surface area contributed by atoms with Crippen molar-refractivity contribution in [1.82, 2.24) is 15.5 Å². The van der Waals surface area contributed by atoms with E-state index in [9.17, 15) is 9.59 Å². The van der Waals surface area contributed by atoms with Crippen LogP contribution in [-0.2, 0) is 9.59 Å². The van der Waals surface area contributed by atoms with Gasteiger partial charge in [0.1, 0.15) is 5.92 Å². The molecule has 1 aliphatic rings. The van der Waals surface area contributed by atoms with Crippen molar-refractivity contribution in [3.63, 3.8) is 0 Å². The van der Waals surface area contributed by atoms with Gasteiger partial charge in [0.05, 0.1) is 14.4 Å². The van der Waals surface area contributed by atoms with Crippen LogP contribution in [0.15, 0.2) is 22.0 Å². The van der Waals surface area contributed by atoms with Gasteiger partial charge < -0.3 is 10.6 Å². The number of aromatic amines is 1. The van der Waals surface area contributed by atoms with Crippen molar-refractivity contribution in [2.45, 2.75) is 25.8 Å². The Hall–Kier alpha value is -1.67. The molecular weight excluding hydrogens is 368 g/mol. The minimum Gasteiger partial charge on any atom is -0.353 e. The lowest BCUT2D eigenvalue weighted by molar-refractivity contribution is -0.134. The number of carbonyl (C=O) groups is 2. The van der Waals surface area contributed by atoms with Gasteiger partial charge in [-0.3, -0.25) is 14.7 Å². The molecule has 1 saturated heterocycles. The largest absolute Gasteiger partial charge is 0.353 e. The van der Waals surface area contributed by atoms with E-state index in [1.807, 2.05) is 19.1 Å². The quantitative estimate of drug-likeness (QED) is 0.713. The number of piperidine rings is 1. The number of nitrogens with one attached hydrogen (secondary N) is 3. The van der Waals surface area contributed by atoms with Crippen LogP contribution < -0.4 is 10.6 Å². The SMILES string of the molecule is CC1CCC(C(=O)Nc2cc(-c3ccc(Br)s3)[nH]n2)C(=O)N1. The second kappa shape index (κ2) is 6.21. The zero-order valence-electron chi connectivity index (χ0n) is 11.9. The molecule has 0 radical (unpaired) electrons. The highest BCUT2D eigenvalue weighted by Gasteiger charge is 2.32. The van der Waals surface area contributed by atoms with Crippen molar-refractivity contribution in [1.29, 1.82) is 0 Å². The van der Waals surface area contributed by atoms with Gasteiger partial charge in [-0.2, -0.15) is 5.10 Å². The first-order chi connectivity index (χ1) is 10.5. The van der Waals surface area contributed by atoms with Crippen molar-refractivity contribution in [3.8, 4) is 10.6 Å². The summed E-state index contributed by atoms with van der Waals surface area (Å²) in [4.78, 5) is 25.1. The van der Waals surface area contributed by atoms with Crippen LogP contribution >= 0.6 is 27.3 Å². The Labute approximate surface area is 139 Å². The monoisotopic (exact) mass is 382 g/mol. The van der Waals surface area contributed by atoms with Crippen LogP contribution in [0, 0.1) is 5.92 Å². The van der Waals surface area contributed by atoms with Crippen LogP contribution in [0.2, 0.25) is 0 Å². The normalized spacial score (nSPS) is 21.5. The predicted octanol–water partition coefficient (Wildman–Crippen LogP) is 2.75. The summed E-state index contributed by atoms with van der Waals surface area (Å²) in [6.07, 6.45) is 1.37. The Bertz CT molecular complexity index is 711. The van der Waals surface area contributed by atoms with Crippen LogP contribution in [0.25, 0.3) is 10.6 Å². The molecule has 3 N–H and O–H groups in total. The van der Waals surface area contributed by atoms with E-state index in [0.717, 1.165) is 20.8 Å². The molecule has 0 spiro atoms. The second-order valence-corrected chi connectivity index (χ2v) is 7.76. The van der Waals surface area contributed by atoms with E-state index in [-0.39, 0.29) is 17.9 Å². The Morgan fingerprint density at radius 1 is 1.45 bits per heavy atom. The summed E-state index contributed by atoms with van der Waals surface area (Å²) >= 11 is 4.98. The highest BCUT2D eigenvalue weighted by atomic mass is 79.9. The average molecular weight is 383 g/mol. The molecule has 2 unspecified atom stereocenters. The topological polar surface area (TPSA) is 86.9 Å². The smallest absolute Gasteiger partial charge is 0.238 e. The number of rotatable bonds is 3. The van der Waals surface area contributed by atoms with Gasteiger partial charge in [0.25, 0.3) is 0 Å². The third-order valence-corrected chi connectivity index (χ3v) is 5.23. The van der Waals surface area contributed by atoms with Gasteiger partial charge in [-0.05, 0) is 47.8 Å². The molecular formula is C14H15BrN4O2S. The summed E-state index contributed by atoms with van der Waals surface area (Å²) in [6.45, 7) is 1.94. The number of aromatic nitrogens is 2. The van der Waals surface area contributed by atoms with Crippen molar-refractivity contribution in [2.24, 2.45) is 5.92 Å². The molecule has 0 aromatic carbocycles. The van der Waals surface area contributed by atoms with Crippen molar-refractivity contribution in [3.05, 3.63) is 22.0 Å². The minimum absolute atomic E-state index is 0.130. The number of hydrogen-bond donors (Lipinski definition) is 3. The van der Waals surface area contributed by atoms with Crippen molar-refractivity contribution in [2.75, 3.05) is 5.32 Å². The zero-order valence-corrected chi connectivity index (χ0v) is 14.3. The summed E-state index contributed by atoms with van der Waals surface area (Å²) in [5.41, 5.74) is 0.827. The number of halogens is 1. The number of hydrogen-bond acceptors (Lipinski definition) is 4. The first-order valence-electron chi connectivity index (χ1n) is 6.95. The van der Waals surface area contributed by atoms with E-state index < -0.39 is 5.92 Å². The minimum atomic E-state index is -0.646. The Kier molecular flexibility index (Phi) is 4.30. The van der Waals surface area contributed by atoms with E-state index in [2.05, 4.69) is 36.8 Å². The van der Waals surface area contributed by atoms with Gasteiger partial charge in [0, 0.05) is 12.1 Å². The predicted molar refractivity (Wildman–Crippen MR) is 88.6 cm³/mol. The summed E-state index contributed by atoms with van der Waals surface area (Å²) in [5, 5.41) is 12.5. The first kappa shape index (κ1) is 15.2. The van der Waals surface area contributed by atoms with Gasteiger partial charge in [-0.15, -0.1) is 11.3 Å². The lowest BCUT2D eigenvalue weighted by Gasteiger charge is -2.25. The summed E-state index contributed by atoms with van der Waals surface area (Å²) < 4.78 is 1.02. The van der Waals surface area contributed by atoms with Gasteiger partial charge in [0.2, 0.25) is 11.8 Å². The number of amides is 2. The number of carbonyl (C=O) groups excluding carboxylic acids is 2. The summed E-state index contributed by atoms with van der Waals surface area (Å²) in [6, 6.07) is 5.81. The van der Waals surface area contributed by atoms with Gasteiger partial charge in [0.15, 0.2) is 5.82 Å². The lowest BCUT2D eigenvalue weighted by Crippen LogP contribution is -2.46. The molecule has 0 aliphatic carbocycles. The molecule has 6 nitrogen and oxygen atoms in total. The molecule has 116 valence electrons. The number of anilines is 1. The molecule has 2 atom stereocenters. The molecule has 0 saturated carbocycles. The van der Waals surface area contributed by atoms with Crippen LogP contribution in [0.5, 0.6) is 0 Å². The number of nitrogens with zero attached hydrogens (tertiary/aromatic N) is 1. The Morgan fingerprint density at radius 3 is 2.95 bits per heavy atom. The molecule has 3 heterocycles. The van der Waals surface area contributed by atoms with Gasteiger partial charge in [-0.1, -0.05) is 0 Å². The fraction of sp³-hybridized carbons (Fsp3) is 0.357. The van der Waals surface area contributed by atoms with Crippen molar-refractivity contribution >= 4 is 44.9 Å². The number of thiophene rings is 1. The van der Waals surface area contributed by atoms with Gasteiger partial charge in [-0.25, -0.2) is 0 Å². The molecule has 22 heavy (non-hydrogen) atoms. The highest BCUT2D eigenvalue weighted by molar-refractivity contribution is 9.11. The highest BCUT2D eigenvalue weighted by Crippen LogP contribution is 2.31. The molecule has 3 rings (SSSR count). The standard InChI is InChI=1S/C14H15BrN4O2S/c1-7-2-3-8(13(20)16-7)14(21)17-12-6-9(18-19-12)10-4-5-11(15)22-10/h4-8H,2-3H2,1H3,(H,16,20)(H2,17,18,19,21). The summed E-state index contributed by atoms with van der Waals surface area (Å²) in [5.74, 6) is -0.743. The fourth-order valence-corrected chi connectivity index (χ4v) is 3.75. The van der Waals surface area contributed by atoms with Crippen LogP contribution in [0.4, 0.5) is 5.82 Å². The van der Waals surface area contributed by atoms with E-state index in [4.69, 9.17) is 0 Å². The average Bonchev–Trinajstić information content (AvgIpc) is 3.07. The Morgan fingerprint density at radius 2 is 2.27 bits per heavy atom. The van der Waals surface area contributed by atoms with Crippen LogP contribution in [0.3, 0.4) is 0 Å². The third kappa shape index (κ3) is 3.22. The van der Waals surface area contributed by atoms with E-state index >= 15 is 0 Å². The zero-order chi connectivity index (χ0) is 15.7. The second-order valence-electron chi connectivity index (χ2n) is 5.30. The maximum atomic E-state index is 12.2. The molecule has 1 fully saturated rings. The van der Waals surface area contributed by atoms with E-state index in [1.165, 1.54) is 0 Å². The molecule has 0 bridgehead atoms. The summed E-state index contributed by atoms with van der Waals surface area (Å²) in [7, 11) is 0. The Balaban J connectivity index is 1.67.